The summed E-state index contributed by atoms with van der Waals surface area (Å²) in [4.78, 5) is 0.288. The largest absolute Gasteiger partial charge is 0.384 e. The fourth-order valence-electron chi connectivity index (χ4n) is 1.60. The van der Waals surface area contributed by atoms with Crippen LogP contribution in [-0.4, -0.2) is 46.1 Å². The van der Waals surface area contributed by atoms with Crippen LogP contribution in [-0.2, 0) is 21.2 Å². The molecule has 0 radical (unpaired) electrons. The van der Waals surface area contributed by atoms with Gasteiger partial charge in [0.1, 0.15) is 0 Å². The molecule has 5 nitrogen and oxygen atoms in total. The van der Waals surface area contributed by atoms with Crippen molar-refractivity contribution in [3.05, 3.63) is 29.8 Å². The van der Waals surface area contributed by atoms with Crippen molar-refractivity contribution < 1.29 is 13.2 Å². The molecule has 0 fully saturated rings. The van der Waals surface area contributed by atoms with Crippen molar-refractivity contribution in [2.24, 2.45) is 5.73 Å². The van der Waals surface area contributed by atoms with Crippen LogP contribution >= 0.6 is 12.4 Å². The number of nitrogens with zero attached hydrogens (tertiary/aromatic N) is 1. The summed E-state index contributed by atoms with van der Waals surface area (Å²) in [5, 5.41) is 0. The van der Waals surface area contributed by atoms with E-state index in [9.17, 15) is 8.42 Å². The van der Waals surface area contributed by atoms with Gasteiger partial charge in [0.25, 0.3) is 0 Å². The maximum Gasteiger partial charge on any atom is 0.243 e. The molecule has 20 heavy (non-hydrogen) atoms. The van der Waals surface area contributed by atoms with Crippen LogP contribution in [0, 0.1) is 0 Å². The fourth-order valence-corrected chi connectivity index (χ4v) is 2.97. The molecule has 0 heterocycles. The normalized spacial score (nSPS) is 13.1. The van der Waals surface area contributed by atoms with Crippen LogP contribution in [0.3, 0.4) is 0 Å². The second kappa shape index (κ2) is 8.59. The molecule has 1 aromatic carbocycles. The first-order chi connectivity index (χ1) is 8.93. The monoisotopic (exact) mass is 322 g/mol. The zero-order chi connectivity index (χ0) is 14.5. The third kappa shape index (κ3) is 4.71. The van der Waals surface area contributed by atoms with E-state index < -0.39 is 10.0 Å². The summed E-state index contributed by atoms with van der Waals surface area (Å²) in [7, 11) is -0.277. The number of likely N-dealkylation sites (N-methyl/N-ethyl adjacent to an activating group) is 1. The Morgan fingerprint density at radius 2 is 1.85 bits per heavy atom. The zero-order valence-electron chi connectivity index (χ0n) is 12.1. The average molecular weight is 323 g/mol. The van der Waals surface area contributed by atoms with Crippen molar-refractivity contribution in [2.45, 2.75) is 24.3 Å². The van der Waals surface area contributed by atoms with Gasteiger partial charge in [0.05, 0.1) is 11.5 Å². The third-order valence-corrected chi connectivity index (χ3v) is 5.14. The van der Waals surface area contributed by atoms with Crippen LogP contribution in [0.2, 0.25) is 0 Å². The molecule has 1 unspecified atom stereocenters. The second-order valence-corrected chi connectivity index (χ2v) is 6.49. The van der Waals surface area contributed by atoms with Crippen LogP contribution < -0.4 is 5.73 Å². The number of halogens is 1. The van der Waals surface area contributed by atoms with Crippen molar-refractivity contribution in [2.75, 3.05) is 27.3 Å². The van der Waals surface area contributed by atoms with Gasteiger partial charge in [-0.15, -0.1) is 12.4 Å². The molecule has 0 aliphatic rings. The second-order valence-electron chi connectivity index (χ2n) is 4.49. The highest BCUT2D eigenvalue weighted by Crippen LogP contribution is 2.17. The number of sulfonamides is 1. The molecule has 1 rings (SSSR count). The molecule has 0 aliphatic carbocycles. The lowest BCUT2D eigenvalue weighted by molar-refractivity contribution is 0.202. The van der Waals surface area contributed by atoms with E-state index in [4.69, 9.17) is 10.5 Å². The van der Waals surface area contributed by atoms with Crippen molar-refractivity contribution in [3.63, 3.8) is 0 Å². The molecular weight excluding hydrogens is 300 g/mol. The first kappa shape index (κ1) is 19.3. The summed E-state index contributed by atoms with van der Waals surface area (Å²) in [5.41, 5.74) is 6.56. The van der Waals surface area contributed by atoms with Crippen LogP contribution in [0.1, 0.15) is 12.5 Å². The standard InChI is InChI=1S/C13H22N2O3S.ClH/c1-11(10-14)15(2)19(16,17)13-6-4-12(5-7-13)8-9-18-3;/h4-7,11H,8-10,14H2,1-3H3;1H. The van der Waals surface area contributed by atoms with Crippen molar-refractivity contribution in [1.82, 2.24) is 4.31 Å². The molecule has 0 amide bonds. The van der Waals surface area contributed by atoms with E-state index in [0.717, 1.165) is 12.0 Å². The van der Waals surface area contributed by atoms with E-state index in [2.05, 4.69) is 0 Å². The maximum atomic E-state index is 12.3. The average Bonchev–Trinajstić information content (AvgIpc) is 2.43. The Labute approximate surface area is 127 Å². The lowest BCUT2D eigenvalue weighted by atomic mass is 10.2. The van der Waals surface area contributed by atoms with Gasteiger partial charge in [-0.3, -0.25) is 0 Å². The Morgan fingerprint density at radius 3 is 2.30 bits per heavy atom. The van der Waals surface area contributed by atoms with Gasteiger partial charge in [0, 0.05) is 26.7 Å². The van der Waals surface area contributed by atoms with Crippen LogP contribution in [0.25, 0.3) is 0 Å². The molecule has 0 aliphatic heterocycles. The van der Waals surface area contributed by atoms with Gasteiger partial charge >= 0.3 is 0 Å². The minimum atomic E-state index is -3.47. The fraction of sp³-hybridized carbons (Fsp3) is 0.538. The maximum absolute atomic E-state index is 12.3. The van der Waals surface area contributed by atoms with Crippen molar-refractivity contribution in [3.8, 4) is 0 Å². The molecule has 1 aromatic rings. The topological polar surface area (TPSA) is 72.6 Å². The molecule has 7 heteroatoms. The van der Waals surface area contributed by atoms with Gasteiger partial charge in [-0.05, 0) is 31.0 Å². The molecule has 0 bridgehead atoms. The Kier molecular flexibility index (Phi) is 8.30. The van der Waals surface area contributed by atoms with Crippen molar-refractivity contribution in [1.29, 1.82) is 0 Å². The number of hydrogen-bond acceptors (Lipinski definition) is 4. The first-order valence-electron chi connectivity index (χ1n) is 6.19. The molecule has 0 saturated heterocycles. The minimum absolute atomic E-state index is 0. The quantitative estimate of drug-likeness (QED) is 0.820. The lowest BCUT2D eigenvalue weighted by Crippen LogP contribution is -2.39. The molecule has 1 atom stereocenters. The van der Waals surface area contributed by atoms with Gasteiger partial charge in [-0.25, -0.2) is 8.42 Å². The number of rotatable bonds is 7. The molecule has 116 valence electrons. The predicted octanol–water partition coefficient (Wildman–Crippen LogP) is 1.27. The molecular formula is C13H23ClN2O3S. The SMILES string of the molecule is COCCc1ccc(S(=O)(=O)N(C)C(C)CN)cc1.Cl. The van der Waals surface area contributed by atoms with E-state index >= 15 is 0 Å². The molecule has 2 N–H and O–H groups in total. The number of benzene rings is 1. The highest BCUT2D eigenvalue weighted by Gasteiger charge is 2.24. The summed E-state index contributed by atoms with van der Waals surface area (Å²) in [6, 6.07) is 6.65. The number of hydrogen-bond donors (Lipinski definition) is 1. The highest BCUT2D eigenvalue weighted by molar-refractivity contribution is 7.89. The summed E-state index contributed by atoms with van der Waals surface area (Å²) in [6.45, 7) is 2.70. The number of ether oxygens (including phenoxy) is 1. The van der Waals surface area contributed by atoms with Crippen LogP contribution in [0.4, 0.5) is 0 Å². The summed E-state index contributed by atoms with van der Waals surface area (Å²) >= 11 is 0. The summed E-state index contributed by atoms with van der Waals surface area (Å²) in [6.07, 6.45) is 0.770. The van der Waals surface area contributed by atoms with Gasteiger partial charge in [0.15, 0.2) is 0 Å². The van der Waals surface area contributed by atoms with E-state index in [-0.39, 0.29) is 23.3 Å². The smallest absolute Gasteiger partial charge is 0.243 e. The van der Waals surface area contributed by atoms with Gasteiger partial charge < -0.3 is 10.5 Å². The van der Waals surface area contributed by atoms with Crippen molar-refractivity contribution >= 4 is 22.4 Å². The third-order valence-electron chi connectivity index (χ3n) is 3.16. The summed E-state index contributed by atoms with van der Waals surface area (Å²) in [5.74, 6) is 0. The predicted molar refractivity (Wildman–Crippen MR) is 82.7 cm³/mol. The Morgan fingerprint density at radius 1 is 1.30 bits per heavy atom. The molecule has 0 aromatic heterocycles. The van der Waals surface area contributed by atoms with Gasteiger partial charge in [-0.1, -0.05) is 12.1 Å². The number of methoxy groups -OCH3 is 1. The molecule has 0 spiro atoms. The van der Waals surface area contributed by atoms with Crippen LogP contribution in [0.15, 0.2) is 29.2 Å². The Balaban J connectivity index is 0.00000361. The Hall–Kier alpha value is -0.660. The van der Waals surface area contributed by atoms with E-state index in [0.29, 0.717) is 13.2 Å². The summed E-state index contributed by atoms with van der Waals surface area (Å²) < 4.78 is 30.9. The van der Waals surface area contributed by atoms with E-state index in [1.807, 2.05) is 12.1 Å². The first-order valence-corrected chi connectivity index (χ1v) is 7.63. The molecule has 0 saturated carbocycles. The highest BCUT2D eigenvalue weighted by atomic mass is 35.5. The minimum Gasteiger partial charge on any atom is -0.384 e. The van der Waals surface area contributed by atoms with Crippen LogP contribution in [0.5, 0.6) is 0 Å². The van der Waals surface area contributed by atoms with E-state index in [1.165, 1.54) is 4.31 Å². The number of nitrogens with two attached hydrogens (primary N) is 1. The van der Waals surface area contributed by atoms with E-state index in [1.54, 1.807) is 33.2 Å². The zero-order valence-corrected chi connectivity index (χ0v) is 13.7. The van der Waals surface area contributed by atoms with Gasteiger partial charge in [-0.2, -0.15) is 4.31 Å². The lowest BCUT2D eigenvalue weighted by Gasteiger charge is -2.23. The van der Waals surface area contributed by atoms with Gasteiger partial charge in [0.2, 0.25) is 10.0 Å². The Bertz CT molecular complexity index is 491.